The molecule has 0 aliphatic carbocycles. The van der Waals surface area contributed by atoms with Crippen LogP contribution in [0.4, 0.5) is 0 Å². The van der Waals surface area contributed by atoms with Gasteiger partial charge >= 0.3 is 11.9 Å². The zero-order valence-corrected chi connectivity index (χ0v) is 17.5. The smallest absolute Gasteiger partial charge is 0.362 e. The molecule has 0 saturated heterocycles. The summed E-state index contributed by atoms with van der Waals surface area (Å²) in [6, 6.07) is 14.4. The van der Waals surface area contributed by atoms with Gasteiger partial charge in [0.05, 0.1) is 20.4 Å². The maximum absolute atomic E-state index is 12.9. The molecule has 0 atom stereocenters. The van der Waals surface area contributed by atoms with Gasteiger partial charge in [0.15, 0.2) is 22.3 Å². The Labute approximate surface area is 178 Å². The van der Waals surface area contributed by atoms with Crippen molar-refractivity contribution < 1.29 is 23.8 Å². The SMILES string of the molecule is COC(=O)C=Cc1ccc(OC(=O)c2cnc(SC)n2-c2ccccc2)c(OC)c1. The van der Waals surface area contributed by atoms with Crippen LogP contribution in [0.15, 0.2) is 66.0 Å². The molecule has 0 unspecified atom stereocenters. The maximum atomic E-state index is 12.9. The quantitative estimate of drug-likeness (QED) is 0.245. The number of benzene rings is 2. The van der Waals surface area contributed by atoms with E-state index in [2.05, 4.69) is 9.72 Å². The Kier molecular flexibility index (Phi) is 6.92. The van der Waals surface area contributed by atoms with Gasteiger partial charge in [-0.2, -0.15) is 0 Å². The predicted molar refractivity (Wildman–Crippen MR) is 114 cm³/mol. The Bertz CT molecular complexity index is 1080. The Morgan fingerprint density at radius 1 is 1.07 bits per heavy atom. The number of carbonyl (C=O) groups is 2. The fourth-order valence-corrected chi connectivity index (χ4v) is 3.25. The van der Waals surface area contributed by atoms with Crippen LogP contribution in [0.5, 0.6) is 11.5 Å². The number of para-hydroxylation sites is 1. The number of rotatable bonds is 7. The first kappa shape index (κ1) is 21.2. The topological polar surface area (TPSA) is 79.7 Å². The van der Waals surface area contributed by atoms with Crippen molar-refractivity contribution in [1.29, 1.82) is 0 Å². The number of methoxy groups -OCH3 is 2. The van der Waals surface area contributed by atoms with Crippen molar-refractivity contribution in [2.75, 3.05) is 20.5 Å². The number of aromatic nitrogens is 2. The van der Waals surface area contributed by atoms with Gasteiger partial charge < -0.3 is 14.2 Å². The van der Waals surface area contributed by atoms with Crippen molar-refractivity contribution >= 4 is 29.8 Å². The van der Waals surface area contributed by atoms with Crippen LogP contribution in [-0.4, -0.2) is 42.0 Å². The van der Waals surface area contributed by atoms with Crippen LogP contribution in [0, 0.1) is 0 Å². The third-order valence-electron chi connectivity index (χ3n) is 4.14. The third-order valence-corrected chi connectivity index (χ3v) is 4.79. The van der Waals surface area contributed by atoms with E-state index >= 15 is 0 Å². The van der Waals surface area contributed by atoms with Gasteiger partial charge in [0.1, 0.15) is 0 Å². The number of imidazole rings is 1. The largest absolute Gasteiger partial charge is 0.493 e. The summed E-state index contributed by atoms with van der Waals surface area (Å²) in [5.41, 5.74) is 1.79. The first-order chi connectivity index (χ1) is 14.6. The van der Waals surface area contributed by atoms with E-state index in [1.54, 1.807) is 28.8 Å². The van der Waals surface area contributed by atoms with E-state index in [9.17, 15) is 9.59 Å². The zero-order chi connectivity index (χ0) is 21.5. The summed E-state index contributed by atoms with van der Waals surface area (Å²) in [4.78, 5) is 28.5. The molecule has 1 aromatic heterocycles. The minimum atomic E-state index is -0.567. The molecule has 0 N–H and O–H groups in total. The van der Waals surface area contributed by atoms with Gasteiger partial charge in [-0.3, -0.25) is 4.57 Å². The molecule has 154 valence electrons. The van der Waals surface area contributed by atoms with E-state index < -0.39 is 11.9 Å². The van der Waals surface area contributed by atoms with Crippen LogP contribution in [0.3, 0.4) is 0 Å². The van der Waals surface area contributed by atoms with Gasteiger partial charge in [-0.25, -0.2) is 14.6 Å². The number of carbonyl (C=O) groups excluding carboxylic acids is 2. The fraction of sp³-hybridized carbons (Fsp3) is 0.136. The minimum absolute atomic E-state index is 0.254. The summed E-state index contributed by atoms with van der Waals surface area (Å²) in [7, 11) is 2.78. The summed E-state index contributed by atoms with van der Waals surface area (Å²) < 4.78 is 17.3. The van der Waals surface area contributed by atoms with Crippen molar-refractivity contribution in [3.8, 4) is 17.2 Å². The number of hydrogen-bond donors (Lipinski definition) is 0. The van der Waals surface area contributed by atoms with Gasteiger partial charge in [0, 0.05) is 11.8 Å². The van der Waals surface area contributed by atoms with Gasteiger partial charge in [-0.1, -0.05) is 36.0 Å². The minimum Gasteiger partial charge on any atom is -0.493 e. The predicted octanol–water partition coefficient (Wildman–Crippen LogP) is 4.01. The van der Waals surface area contributed by atoms with Crippen molar-refractivity contribution in [2.24, 2.45) is 0 Å². The Morgan fingerprint density at radius 2 is 1.83 bits per heavy atom. The van der Waals surface area contributed by atoms with E-state index in [-0.39, 0.29) is 5.75 Å². The fourth-order valence-electron chi connectivity index (χ4n) is 2.71. The van der Waals surface area contributed by atoms with Crippen molar-refractivity contribution in [1.82, 2.24) is 9.55 Å². The zero-order valence-electron chi connectivity index (χ0n) is 16.7. The van der Waals surface area contributed by atoms with Crippen molar-refractivity contribution in [2.45, 2.75) is 5.16 Å². The standard InChI is InChI=1S/C22H20N2O5S/c1-27-19-13-15(10-12-20(25)28-2)9-11-18(19)29-21(26)17-14-23-22(30-3)24(17)16-7-5-4-6-8-16/h4-14H,1-3H3. The molecular formula is C22H20N2O5S. The highest BCUT2D eigenvalue weighted by atomic mass is 32.2. The molecule has 0 aliphatic heterocycles. The van der Waals surface area contributed by atoms with Crippen molar-refractivity contribution in [3.63, 3.8) is 0 Å². The number of hydrogen-bond acceptors (Lipinski definition) is 7. The van der Waals surface area contributed by atoms with Crippen LogP contribution in [0.1, 0.15) is 16.1 Å². The van der Waals surface area contributed by atoms with Crippen LogP contribution in [-0.2, 0) is 9.53 Å². The normalized spacial score (nSPS) is 10.8. The van der Waals surface area contributed by atoms with E-state index in [1.807, 2.05) is 36.6 Å². The summed E-state index contributed by atoms with van der Waals surface area (Å²) in [5, 5.41) is 0.670. The lowest BCUT2D eigenvalue weighted by atomic mass is 10.2. The Morgan fingerprint density at radius 3 is 2.50 bits per heavy atom. The second-order valence-corrected chi connectivity index (χ2v) is 6.73. The Balaban J connectivity index is 1.89. The molecule has 1 heterocycles. The van der Waals surface area contributed by atoms with Gasteiger partial charge in [0.25, 0.3) is 0 Å². The van der Waals surface area contributed by atoms with E-state index in [0.29, 0.717) is 22.2 Å². The molecule has 0 amide bonds. The highest BCUT2D eigenvalue weighted by Gasteiger charge is 2.21. The number of esters is 2. The molecule has 0 saturated carbocycles. The molecule has 8 heteroatoms. The third kappa shape index (κ3) is 4.72. The van der Waals surface area contributed by atoms with Gasteiger partial charge in [0.2, 0.25) is 0 Å². The van der Waals surface area contributed by atoms with Gasteiger partial charge in [-0.15, -0.1) is 0 Å². The van der Waals surface area contributed by atoms with Crippen molar-refractivity contribution in [3.05, 3.63) is 72.1 Å². The molecule has 0 spiro atoms. The van der Waals surface area contributed by atoms with E-state index in [4.69, 9.17) is 9.47 Å². The monoisotopic (exact) mass is 424 g/mol. The van der Waals surface area contributed by atoms with Crippen LogP contribution in [0.25, 0.3) is 11.8 Å². The average molecular weight is 424 g/mol. The van der Waals surface area contributed by atoms with Crippen LogP contribution < -0.4 is 9.47 Å². The molecule has 0 fully saturated rings. The molecule has 3 aromatic rings. The molecule has 0 bridgehead atoms. The molecular weight excluding hydrogens is 404 g/mol. The lowest BCUT2D eigenvalue weighted by molar-refractivity contribution is -0.134. The maximum Gasteiger partial charge on any atom is 0.362 e. The molecule has 2 aromatic carbocycles. The van der Waals surface area contributed by atoms with E-state index in [1.165, 1.54) is 38.3 Å². The highest BCUT2D eigenvalue weighted by Crippen LogP contribution is 2.30. The van der Waals surface area contributed by atoms with Crippen LogP contribution >= 0.6 is 11.8 Å². The van der Waals surface area contributed by atoms with Crippen LogP contribution in [0.2, 0.25) is 0 Å². The number of thioether (sulfide) groups is 1. The van der Waals surface area contributed by atoms with Gasteiger partial charge in [-0.05, 0) is 42.2 Å². The lowest BCUT2D eigenvalue weighted by Gasteiger charge is -2.12. The molecule has 30 heavy (non-hydrogen) atoms. The average Bonchev–Trinajstić information content (AvgIpc) is 3.23. The summed E-state index contributed by atoms with van der Waals surface area (Å²) in [6.45, 7) is 0. The molecule has 0 aliphatic rings. The second kappa shape index (κ2) is 9.80. The highest BCUT2D eigenvalue weighted by molar-refractivity contribution is 7.98. The summed E-state index contributed by atoms with van der Waals surface area (Å²) in [6.07, 6.45) is 6.25. The van der Waals surface area contributed by atoms with E-state index in [0.717, 1.165) is 5.69 Å². The lowest BCUT2D eigenvalue weighted by Crippen LogP contribution is -2.14. The summed E-state index contributed by atoms with van der Waals surface area (Å²) in [5.74, 6) is -0.429. The first-order valence-corrected chi connectivity index (χ1v) is 10.1. The second-order valence-electron chi connectivity index (χ2n) is 5.96. The Hall–Kier alpha value is -3.52. The molecule has 3 rings (SSSR count). The number of nitrogens with zero attached hydrogens (tertiary/aromatic N) is 2. The number of ether oxygens (including phenoxy) is 3. The molecule has 7 nitrogen and oxygen atoms in total. The summed E-state index contributed by atoms with van der Waals surface area (Å²) >= 11 is 1.43. The first-order valence-electron chi connectivity index (χ1n) is 8.90. The molecule has 0 radical (unpaired) electrons.